The number of aromatic nitrogens is 4. The van der Waals surface area contributed by atoms with Gasteiger partial charge in [0.25, 0.3) is 5.56 Å². The maximum atomic E-state index is 13.2. The van der Waals surface area contributed by atoms with Crippen LogP contribution in [0, 0.1) is 6.92 Å². The van der Waals surface area contributed by atoms with Gasteiger partial charge >= 0.3 is 5.69 Å². The lowest BCUT2D eigenvalue weighted by molar-refractivity contribution is 0.655. The molecule has 0 saturated heterocycles. The van der Waals surface area contributed by atoms with Crippen LogP contribution in [0.2, 0.25) is 5.02 Å². The fourth-order valence-electron chi connectivity index (χ4n) is 3.30. The fraction of sp³-hybridized carbons (Fsp3) is 0.227. The highest BCUT2D eigenvalue weighted by Crippen LogP contribution is 2.24. The predicted octanol–water partition coefficient (Wildman–Crippen LogP) is 3.74. The lowest BCUT2D eigenvalue weighted by Gasteiger charge is -2.09. The second kappa shape index (κ2) is 8.16. The fourth-order valence-corrected chi connectivity index (χ4v) is 4.35. The van der Waals surface area contributed by atoms with Crippen LogP contribution in [0.15, 0.2) is 63.3 Å². The Labute approximate surface area is 182 Å². The average Bonchev–Trinajstić information content (AvgIpc) is 3.07. The van der Waals surface area contributed by atoms with Crippen molar-refractivity contribution in [2.75, 3.05) is 0 Å². The number of hydrogen-bond donors (Lipinski definition) is 0. The molecule has 0 aliphatic heterocycles. The first-order valence-corrected chi connectivity index (χ1v) is 10.8. The van der Waals surface area contributed by atoms with Crippen molar-refractivity contribution < 1.29 is 0 Å². The minimum Gasteiger partial charge on any atom is -0.316 e. The molecule has 0 aliphatic rings. The summed E-state index contributed by atoms with van der Waals surface area (Å²) in [5.41, 5.74) is 3.28. The third-order valence-corrected chi connectivity index (χ3v) is 6.41. The number of halogens is 1. The molecule has 4 aromatic rings. The zero-order valence-corrected chi connectivity index (χ0v) is 18.5. The first-order valence-electron chi connectivity index (χ1n) is 9.44. The maximum Gasteiger partial charge on any atom is 0.332 e. The lowest BCUT2D eigenvalue weighted by atomic mass is 10.2. The third-order valence-electron chi connectivity index (χ3n) is 5.06. The average molecular weight is 441 g/mol. The summed E-state index contributed by atoms with van der Waals surface area (Å²) in [5, 5.41) is 1.30. The van der Waals surface area contributed by atoms with Gasteiger partial charge in [0.15, 0.2) is 16.3 Å². The van der Waals surface area contributed by atoms with Crippen molar-refractivity contribution in [3.05, 3.63) is 91.1 Å². The minimum atomic E-state index is -0.393. The van der Waals surface area contributed by atoms with Crippen molar-refractivity contribution in [3.8, 4) is 0 Å². The Hall–Kier alpha value is -2.77. The van der Waals surface area contributed by atoms with Gasteiger partial charge in [-0.15, -0.1) is 0 Å². The van der Waals surface area contributed by atoms with Crippen LogP contribution < -0.4 is 11.2 Å². The molecule has 0 fully saturated rings. The van der Waals surface area contributed by atoms with Gasteiger partial charge in [-0.1, -0.05) is 65.3 Å². The molecular formula is C22H21ClN4O2S. The van der Waals surface area contributed by atoms with E-state index in [1.165, 1.54) is 20.3 Å². The second-order valence-electron chi connectivity index (χ2n) is 7.26. The van der Waals surface area contributed by atoms with Crippen molar-refractivity contribution in [2.24, 2.45) is 14.1 Å². The Bertz CT molecular complexity index is 1340. The first-order chi connectivity index (χ1) is 14.3. The summed E-state index contributed by atoms with van der Waals surface area (Å²) in [6.45, 7) is 2.23. The highest BCUT2D eigenvalue weighted by molar-refractivity contribution is 7.98. The van der Waals surface area contributed by atoms with E-state index < -0.39 is 5.69 Å². The summed E-state index contributed by atoms with van der Waals surface area (Å²) in [7, 11) is 3.45. The molecule has 0 radical (unpaired) electrons. The monoisotopic (exact) mass is 440 g/mol. The van der Waals surface area contributed by atoms with Gasteiger partial charge in [0.2, 0.25) is 0 Å². The molecule has 0 atom stereocenters. The van der Waals surface area contributed by atoms with Crippen molar-refractivity contribution in [3.63, 3.8) is 0 Å². The van der Waals surface area contributed by atoms with Gasteiger partial charge in [0.05, 0.1) is 6.54 Å². The number of imidazole rings is 1. The van der Waals surface area contributed by atoms with Crippen LogP contribution in [-0.2, 0) is 26.4 Å². The van der Waals surface area contributed by atoms with Crippen molar-refractivity contribution in [2.45, 2.75) is 24.4 Å². The van der Waals surface area contributed by atoms with Gasteiger partial charge in [-0.05, 0) is 30.2 Å². The maximum absolute atomic E-state index is 13.2. The molecular weight excluding hydrogens is 420 g/mol. The Morgan fingerprint density at radius 3 is 2.23 bits per heavy atom. The molecule has 0 aliphatic carbocycles. The van der Waals surface area contributed by atoms with Gasteiger partial charge in [0.1, 0.15) is 0 Å². The van der Waals surface area contributed by atoms with Crippen molar-refractivity contribution >= 4 is 34.5 Å². The van der Waals surface area contributed by atoms with Crippen molar-refractivity contribution in [1.29, 1.82) is 0 Å². The highest BCUT2D eigenvalue weighted by Gasteiger charge is 2.19. The molecule has 0 unspecified atom stereocenters. The molecule has 2 aromatic carbocycles. The van der Waals surface area contributed by atoms with Gasteiger partial charge in [-0.2, -0.15) is 0 Å². The van der Waals surface area contributed by atoms with E-state index in [2.05, 4.69) is 36.2 Å². The first kappa shape index (κ1) is 20.5. The number of thioether (sulfide) groups is 1. The van der Waals surface area contributed by atoms with E-state index in [-0.39, 0.29) is 12.1 Å². The van der Waals surface area contributed by atoms with Crippen LogP contribution in [0.5, 0.6) is 0 Å². The number of rotatable bonds is 5. The number of aryl methyl sites for hydroxylation is 3. The van der Waals surface area contributed by atoms with E-state index in [9.17, 15) is 9.59 Å². The van der Waals surface area contributed by atoms with E-state index >= 15 is 0 Å². The summed E-state index contributed by atoms with van der Waals surface area (Å²) in [6, 6.07) is 15.4. The summed E-state index contributed by atoms with van der Waals surface area (Å²) in [4.78, 5) is 30.6. The van der Waals surface area contributed by atoms with Crippen LogP contribution >= 0.6 is 23.4 Å². The third kappa shape index (κ3) is 3.82. The molecule has 8 heteroatoms. The van der Waals surface area contributed by atoms with Crippen LogP contribution in [-0.4, -0.2) is 18.7 Å². The predicted molar refractivity (Wildman–Crippen MR) is 122 cm³/mol. The Balaban J connectivity index is 1.73. The molecule has 6 nitrogen and oxygen atoms in total. The topological polar surface area (TPSA) is 61.8 Å². The van der Waals surface area contributed by atoms with Crippen LogP contribution in [0.4, 0.5) is 0 Å². The molecule has 30 heavy (non-hydrogen) atoms. The molecule has 0 N–H and O–H groups in total. The SMILES string of the molecule is Cc1ccc(CSc2nc3c(c(=O)n(Cc4ccc(Cl)cc4)c(=O)n3C)n2C)cc1. The molecule has 0 amide bonds. The van der Waals surface area contributed by atoms with Gasteiger partial charge in [0, 0.05) is 24.9 Å². The van der Waals surface area contributed by atoms with Crippen LogP contribution in [0.3, 0.4) is 0 Å². The molecule has 0 spiro atoms. The molecule has 0 saturated carbocycles. The number of fused-ring (bicyclic) bond motifs is 1. The Kier molecular flexibility index (Phi) is 5.58. The zero-order chi connectivity index (χ0) is 21.4. The van der Waals surface area contributed by atoms with E-state index in [4.69, 9.17) is 11.6 Å². The quantitative estimate of drug-likeness (QED) is 0.443. The Morgan fingerprint density at radius 2 is 1.57 bits per heavy atom. The zero-order valence-electron chi connectivity index (χ0n) is 16.9. The van der Waals surface area contributed by atoms with E-state index in [0.717, 1.165) is 11.3 Å². The molecule has 4 rings (SSSR count). The largest absolute Gasteiger partial charge is 0.332 e. The number of nitrogens with zero attached hydrogens (tertiary/aromatic N) is 4. The second-order valence-corrected chi connectivity index (χ2v) is 8.64. The van der Waals surface area contributed by atoms with Gasteiger partial charge in [-0.25, -0.2) is 9.78 Å². The minimum absolute atomic E-state index is 0.176. The van der Waals surface area contributed by atoms with Crippen LogP contribution in [0.1, 0.15) is 16.7 Å². The summed E-state index contributed by atoms with van der Waals surface area (Å²) < 4.78 is 4.44. The van der Waals surface area contributed by atoms with E-state index in [0.29, 0.717) is 21.3 Å². The summed E-state index contributed by atoms with van der Waals surface area (Å²) >= 11 is 7.48. The lowest BCUT2D eigenvalue weighted by Crippen LogP contribution is -2.39. The molecule has 154 valence electrons. The molecule has 0 bridgehead atoms. The van der Waals surface area contributed by atoms with E-state index in [1.807, 2.05) is 19.2 Å². The smallest absolute Gasteiger partial charge is 0.316 e. The van der Waals surface area contributed by atoms with Crippen molar-refractivity contribution in [1.82, 2.24) is 18.7 Å². The van der Waals surface area contributed by atoms with Gasteiger partial charge in [-0.3, -0.25) is 13.9 Å². The number of hydrogen-bond acceptors (Lipinski definition) is 4. The summed E-state index contributed by atoms with van der Waals surface area (Å²) in [6.07, 6.45) is 0. The normalized spacial score (nSPS) is 11.3. The highest BCUT2D eigenvalue weighted by atomic mass is 35.5. The molecule has 2 aromatic heterocycles. The standard InChI is InChI=1S/C22H21ClN4O2S/c1-14-4-6-16(7-5-14)13-30-21-24-19-18(25(21)2)20(28)27(22(29)26(19)3)12-15-8-10-17(23)11-9-15/h4-11H,12-13H2,1-3H3. The molecule has 2 heterocycles. The van der Waals surface area contributed by atoms with Gasteiger partial charge < -0.3 is 4.57 Å². The Morgan fingerprint density at radius 1 is 0.933 bits per heavy atom. The summed E-state index contributed by atoms with van der Waals surface area (Å²) in [5.74, 6) is 0.727. The van der Waals surface area contributed by atoms with E-state index in [1.54, 1.807) is 35.5 Å². The van der Waals surface area contributed by atoms with Crippen LogP contribution in [0.25, 0.3) is 11.2 Å². The number of benzene rings is 2.